The number of hydrogen-bond acceptors (Lipinski definition) is 5. The molecule has 162 valence electrons. The van der Waals surface area contributed by atoms with Crippen molar-refractivity contribution in [1.82, 2.24) is 9.88 Å². The number of phenolic OH excluding ortho intramolecular Hbond substituents is 1. The van der Waals surface area contributed by atoms with E-state index in [9.17, 15) is 14.3 Å². The average Bonchev–Trinajstić information content (AvgIpc) is 3.13. The summed E-state index contributed by atoms with van der Waals surface area (Å²) < 4.78 is 19.2. The number of fused-ring (bicyclic) bond motifs is 1. The second kappa shape index (κ2) is 8.55. The van der Waals surface area contributed by atoms with E-state index >= 15 is 0 Å². The Morgan fingerprint density at radius 2 is 2.00 bits per heavy atom. The predicted molar refractivity (Wildman–Crippen MR) is 119 cm³/mol. The Morgan fingerprint density at radius 3 is 2.78 bits per heavy atom. The largest absolute Gasteiger partial charge is 0.507 e. The number of Topliss-reactive ketones (excluding diaryl/α,β-unsaturated/α-hetero) is 1. The van der Waals surface area contributed by atoms with E-state index in [1.807, 2.05) is 12.3 Å². The number of aromatic hydroxyl groups is 1. The topological polar surface area (TPSA) is 62.7 Å². The molecule has 1 saturated heterocycles. The van der Waals surface area contributed by atoms with Gasteiger partial charge in [0.1, 0.15) is 17.3 Å². The van der Waals surface area contributed by atoms with E-state index < -0.39 is 0 Å². The Balaban J connectivity index is 1.46. The number of nitrogens with zero attached hydrogens (tertiary/aromatic N) is 2. The monoisotopic (exact) mass is 430 g/mol. The van der Waals surface area contributed by atoms with Crippen molar-refractivity contribution in [3.8, 4) is 11.5 Å². The molecule has 0 saturated carbocycles. The van der Waals surface area contributed by atoms with Gasteiger partial charge in [0.15, 0.2) is 5.76 Å². The average molecular weight is 430 g/mol. The van der Waals surface area contributed by atoms with Gasteiger partial charge in [-0.1, -0.05) is 24.6 Å². The third kappa shape index (κ3) is 3.89. The van der Waals surface area contributed by atoms with Crippen molar-refractivity contribution in [3.05, 3.63) is 94.8 Å². The van der Waals surface area contributed by atoms with Crippen LogP contribution in [0.25, 0.3) is 6.08 Å². The number of rotatable bonds is 4. The lowest BCUT2D eigenvalue weighted by atomic mass is 9.95. The lowest BCUT2D eigenvalue weighted by Crippen LogP contribution is -2.33. The summed E-state index contributed by atoms with van der Waals surface area (Å²) in [4.78, 5) is 19.5. The number of carbonyl (C=O) groups excluding carboxylic acids is 1. The van der Waals surface area contributed by atoms with Crippen LogP contribution in [0.1, 0.15) is 52.4 Å². The summed E-state index contributed by atoms with van der Waals surface area (Å²) in [5.74, 6) is 0.0916. The summed E-state index contributed by atoms with van der Waals surface area (Å²) in [6, 6.07) is 13.2. The van der Waals surface area contributed by atoms with Crippen LogP contribution in [0.3, 0.4) is 0 Å². The van der Waals surface area contributed by atoms with Crippen molar-refractivity contribution in [2.75, 3.05) is 6.54 Å². The molecule has 1 aromatic heterocycles. The molecule has 1 N–H and O–H groups in total. The van der Waals surface area contributed by atoms with Gasteiger partial charge in [0.2, 0.25) is 5.78 Å². The van der Waals surface area contributed by atoms with E-state index in [0.29, 0.717) is 29.0 Å². The van der Waals surface area contributed by atoms with Gasteiger partial charge in [-0.25, -0.2) is 4.39 Å². The van der Waals surface area contributed by atoms with Gasteiger partial charge in [-0.15, -0.1) is 0 Å². The maximum Gasteiger partial charge on any atom is 0.231 e. The minimum Gasteiger partial charge on any atom is -0.507 e. The van der Waals surface area contributed by atoms with Crippen LogP contribution in [0.4, 0.5) is 4.39 Å². The first-order valence-electron chi connectivity index (χ1n) is 10.8. The molecule has 1 atom stereocenters. The van der Waals surface area contributed by atoms with Crippen LogP contribution >= 0.6 is 0 Å². The van der Waals surface area contributed by atoms with Gasteiger partial charge in [-0.05, 0) is 66.9 Å². The third-order valence-corrected chi connectivity index (χ3v) is 6.13. The number of ether oxygens (including phenoxy) is 1. The van der Waals surface area contributed by atoms with Crippen molar-refractivity contribution in [2.24, 2.45) is 0 Å². The number of ketones is 1. The molecule has 1 fully saturated rings. The number of carbonyl (C=O) groups is 1. The molecule has 0 spiro atoms. The van der Waals surface area contributed by atoms with Crippen molar-refractivity contribution >= 4 is 11.9 Å². The smallest absolute Gasteiger partial charge is 0.231 e. The van der Waals surface area contributed by atoms with Crippen molar-refractivity contribution in [3.63, 3.8) is 0 Å². The first-order chi connectivity index (χ1) is 15.6. The normalized spacial score (nSPS) is 19.7. The highest BCUT2D eigenvalue weighted by Gasteiger charge is 2.33. The molecular weight excluding hydrogens is 407 g/mol. The fourth-order valence-electron chi connectivity index (χ4n) is 4.49. The van der Waals surface area contributed by atoms with Crippen molar-refractivity contribution in [2.45, 2.75) is 31.8 Å². The van der Waals surface area contributed by atoms with Gasteiger partial charge in [0.25, 0.3) is 0 Å². The van der Waals surface area contributed by atoms with Gasteiger partial charge in [0, 0.05) is 25.0 Å². The second-order valence-electron chi connectivity index (χ2n) is 8.20. The van der Waals surface area contributed by atoms with E-state index in [1.54, 1.807) is 36.5 Å². The SMILES string of the molecule is O=C1/C(=C/c2ccc(F)cc2)Oc2c1ccc(O)c2CN1CCCC[C@H]1c1cccnc1. The Bertz CT molecular complexity index is 1180. The lowest BCUT2D eigenvalue weighted by Gasteiger charge is -2.36. The van der Waals surface area contributed by atoms with E-state index in [2.05, 4.69) is 16.0 Å². The van der Waals surface area contributed by atoms with E-state index in [-0.39, 0.29) is 29.2 Å². The second-order valence-corrected chi connectivity index (χ2v) is 8.20. The Hall–Kier alpha value is -3.51. The Kier molecular flexibility index (Phi) is 5.45. The molecule has 32 heavy (non-hydrogen) atoms. The first-order valence-corrected chi connectivity index (χ1v) is 10.8. The molecule has 5 rings (SSSR count). The van der Waals surface area contributed by atoms with Gasteiger partial charge in [-0.2, -0.15) is 0 Å². The molecule has 0 unspecified atom stereocenters. The molecule has 5 nitrogen and oxygen atoms in total. The fourth-order valence-corrected chi connectivity index (χ4v) is 4.49. The summed E-state index contributed by atoms with van der Waals surface area (Å²) in [5, 5.41) is 10.7. The zero-order chi connectivity index (χ0) is 22.1. The number of pyridine rings is 1. The highest BCUT2D eigenvalue weighted by atomic mass is 19.1. The number of allylic oxidation sites excluding steroid dienone is 1. The van der Waals surface area contributed by atoms with Crippen LogP contribution < -0.4 is 4.74 Å². The standard InChI is InChI=1S/C26H23FN2O3/c27-19-8-6-17(7-9-19)14-24-25(31)20-10-11-23(30)21(26(20)32-24)16-29-13-2-1-5-22(29)18-4-3-12-28-15-18/h3-4,6-12,14-15,22,30H,1-2,5,13,16H2/b24-14-/t22-/m0/s1. The lowest BCUT2D eigenvalue weighted by molar-refractivity contribution is 0.101. The van der Waals surface area contributed by atoms with Crippen LogP contribution in [-0.4, -0.2) is 27.3 Å². The minimum atomic E-state index is -0.342. The maximum absolute atomic E-state index is 13.2. The van der Waals surface area contributed by atoms with Crippen LogP contribution in [0.15, 0.2) is 66.7 Å². The molecule has 6 heteroatoms. The van der Waals surface area contributed by atoms with Crippen LogP contribution in [0.5, 0.6) is 11.5 Å². The summed E-state index contributed by atoms with van der Waals surface area (Å²) in [6.45, 7) is 1.35. The maximum atomic E-state index is 13.2. The summed E-state index contributed by atoms with van der Waals surface area (Å²) in [5.41, 5.74) is 2.85. The highest BCUT2D eigenvalue weighted by molar-refractivity contribution is 6.15. The molecular formula is C26H23FN2O3. The Labute approximate surface area is 185 Å². The Morgan fingerprint density at radius 1 is 1.16 bits per heavy atom. The number of aromatic nitrogens is 1. The van der Waals surface area contributed by atoms with Gasteiger partial charge in [-0.3, -0.25) is 14.7 Å². The summed E-state index contributed by atoms with van der Waals surface area (Å²) in [7, 11) is 0. The predicted octanol–water partition coefficient (Wildman–Crippen LogP) is 5.27. The third-order valence-electron chi connectivity index (χ3n) is 6.13. The zero-order valence-electron chi connectivity index (χ0n) is 17.5. The molecule has 0 bridgehead atoms. The van der Waals surface area contributed by atoms with Crippen molar-refractivity contribution in [1.29, 1.82) is 0 Å². The van der Waals surface area contributed by atoms with Crippen LogP contribution in [0, 0.1) is 5.82 Å². The molecule has 2 aromatic carbocycles. The first kappa shape index (κ1) is 20.4. The fraction of sp³-hybridized carbons (Fsp3) is 0.231. The number of hydrogen-bond donors (Lipinski definition) is 1. The molecule has 0 amide bonds. The van der Waals surface area contributed by atoms with Crippen molar-refractivity contribution < 1.29 is 19.0 Å². The minimum absolute atomic E-state index is 0.107. The van der Waals surface area contributed by atoms with E-state index in [0.717, 1.165) is 31.4 Å². The van der Waals surface area contributed by atoms with Crippen LogP contribution in [-0.2, 0) is 6.54 Å². The summed E-state index contributed by atoms with van der Waals surface area (Å²) in [6.07, 6.45) is 8.47. The molecule has 3 aromatic rings. The molecule has 0 radical (unpaired) electrons. The highest BCUT2D eigenvalue weighted by Crippen LogP contribution is 2.42. The zero-order valence-corrected chi connectivity index (χ0v) is 17.5. The quantitative estimate of drug-likeness (QED) is 0.572. The van der Waals surface area contributed by atoms with Gasteiger partial charge >= 0.3 is 0 Å². The molecule has 2 aliphatic heterocycles. The van der Waals surface area contributed by atoms with Gasteiger partial charge in [0.05, 0.1) is 11.1 Å². The molecule has 2 aliphatic rings. The molecule has 3 heterocycles. The number of likely N-dealkylation sites (tertiary alicyclic amines) is 1. The van der Waals surface area contributed by atoms with E-state index in [1.165, 1.54) is 12.1 Å². The number of phenols is 1. The van der Waals surface area contributed by atoms with Crippen LogP contribution in [0.2, 0.25) is 0 Å². The number of piperidine rings is 1. The summed E-state index contributed by atoms with van der Waals surface area (Å²) >= 11 is 0. The number of benzene rings is 2. The van der Waals surface area contributed by atoms with E-state index in [4.69, 9.17) is 4.74 Å². The number of halogens is 1. The van der Waals surface area contributed by atoms with Gasteiger partial charge < -0.3 is 9.84 Å². The molecule has 0 aliphatic carbocycles.